The summed E-state index contributed by atoms with van der Waals surface area (Å²) in [5.41, 5.74) is 0.486. The molecule has 0 atom stereocenters. The molecular formula is C13H15N5O3. The summed E-state index contributed by atoms with van der Waals surface area (Å²) in [6.07, 6.45) is 1.66. The Balaban J connectivity index is 2.30. The molecule has 2 aromatic heterocycles. The molecule has 0 amide bonds. The van der Waals surface area contributed by atoms with E-state index in [4.69, 9.17) is 4.74 Å². The maximum atomic E-state index is 11.2. The van der Waals surface area contributed by atoms with Gasteiger partial charge >= 0.3 is 5.69 Å². The minimum absolute atomic E-state index is 0.0291. The number of aromatic nitrogens is 3. The maximum absolute atomic E-state index is 11.2. The van der Waals surface area contributed by atoms with Gasteiger partial charge in [-0.15, -0.1) is 0 Å². The minimum atomic E-state index is -0.550. The van der Waals surface area contributed by atoms with Gasteiger partial charge in [0, 0.05) is 6.20 Å². The highest BCUT2D eigenvalue weighted by atomic mass is 16.6. The molecule has 0 aliphatic carbocycles. The molecule has 0 aliphatic heterocycles. The molecule has 0 saturated carbocycles. The Bertz CT molecular complexity index is 633. The van der Waals surface area contributed by atoms with Gasteiger partial charge in [0.15, 0.2) is 0 Å². The normalized spacial score (nSPS) is 10.2. The van der Waals surface area contributed by atoms with Crippen molar-refractivity contribution in [3.8, 4) is 5.88 Å². The fraction of sp³-hybridized carbons (Fsp3) is 0.308. The lowest BCUT2D eigenvalue weighted by Gasteiger charge is -2.09. The van der Waals surface area contributed by atoms with Gasteiger partial charge in [-0.05, 0) is 26.0 Å². The molecule has 0 spiro atoms. The molecule has 0 bridgehead atoms. The summed E-state index contributed by atoms with van der Waals surface area (Å²) in [6.45, 7) is 4.00. The summed E-state index contributed by atoms with van der Waals surface area (Å²) >= 11 is 0. The second-order valence-electron chi connectivity index (χ2n) is 4.14. The Hall–Kier alpha value is -2.77. The van der Waals surface area contributed by atoms with Crippen molar-refractivity contribution in [2.45, 2.75) is 20.4 Å². The van der Waals surface area contributed by atoms with Gasteiger partial charge in [0.25, 0.3) is 5.88 Å². The van der Waals surface area contributed by atoms with E-state index in [0.29, 0.717) is 12.4 Å². The molecule has 2 aromatic rings. The Morgan fingerprint density at radius 3 is 2.81 bits per heavy atom. The van der Waals surface area contributed by atoms with E-state index < -0.39 is 4.92 Å². The summed E-state index contributed by atoms with van der Waals surface area (Å²) in [4.78, 5) is 22.9. The van der Waals surface area contributed by atoms with Crippen LogP contribution in [0.25, 0.3) is 0 Å². The van der Waals surface area contributed by atoms with Crippen LogP contribution in [0.3, 0.4) is 0 Å². The number of nitrogens with zero attached hydrogens (tertiary/aromatic N) is 4. The molecule has 1 N–H and O–H groups in total. The van der Waals surface area contributed by atoms with Gasteiger partial charge < -0.3 is 10.1 Å². The zero-order chi connectivity index (χ0) is 15.2. The second-order valence-corrected chi connectivity index (χ2v) is 4.14. The Kier molecular flexibility index (Phi) is 4.60. The molecule has 0 radical (unpaired) electrons. The van der Waals surface area contributed by atoms with Crippen LogP contribution in [0.5, 0.6) is 5.88 Å². The molecule has 8 heteroatoms. The number of aryl methyl sites for hydroxylation is 1. The molecule has 0 aromatic carbocycles. The van der Waals surface area contributed by atoms with Gasteiger partial charge in [-0.3, -0.25) is 15.1 Å². The Morgan fingerprint density at radius 1 is 1.38 bits per heavy atom. The van der Waals surface area contributed by atoms with Crippen LogP contribution in [-0.2, 0) is 6.54 Å². The average Bonchev–Trinajstić information content (AvgIpc) is 2.45. The lowest BCUT2D eigenvalue weighted by molar-refractivity contribution is -0.385. The van der Waals surface area contributed by atoms with E-state index in [2.05, 4.69) is 20.3 Å². The summed E-state index contributed by atoms with van der Waals surface area (Å²) in [5.74, 6) is 0.493. The molecule has 8 nitrogen and oxygen atoms in total. The molecule has 2 heterocycles. The van der Waals surface area contributed by atoms with E-state index >= 15 is 0 Å². The van der Waals surface area contributed by atoms with Crippen molar-refractivity contribution in [1.29, 1.82) is 0 Å². The first-order valence-corrected chi connectivity index (χ1v) is 6.41. The molecule has 2 rings (SSSR count). The third-order valence-electron chi connectivity index (χ3n) is 2.59. The van der Waals surface area contributed by atoms with Gasteiger partial charge in [0.1, 0.15) is 5.82 Å². The highest BCUT2D eigenvalue weighted by Gasteiger charge is 2.25. The van der Waals surface area contributed by atoms with Crippen molar-refractivity contribution in [3.05, 3.63) is 46.0 Å². The quantitative estimate of drug-likeness (QED) is 0.641. The number of nitrogens with one attached hydrogen (secondary N) is 1. The third kappa shape index (κ3) is 3.62. The van der Waals surface area contributed by atoms with Crippen LogP contribution in [0.2, 0.25) is 0 Å². The van der Waals surface area contributed by atoms with Crippen molar-refractivity contribution < 1.29 is 9.66 Å². The standard InChI is InChI=1S/C13H15N5O3/c1-3-21-13-11(18(19)20)12(16-9(2)17-13)15-8-10-6-4-5-7-14-10/h4-7H,3,8H2,1-2H3,(H,15,16,17). The van der Waals surface area contributed by atoms with Crippen LogP contribution >= 0.6 is 0 Å². The molecular weight excluding hydrogens is 274 g/mol. The second kappa shape index (κ2) is 6.60. The van der Waals surface area contributed by atoms with Gasteiger partial charge in [0.2, 0.25) is 5.82 Å². The Morgan fingerprint density at radius 2 is 2.19 bits per heavy atom. The van der Waals surface area contributed by atoms with Gasteiger partial charge in [-0.2, -0.15) is 4.98 Å². The highest BCUT2D eigenvalue weighted by molar-refractivity contribution is 5.61. The number of hydrogen-bond donors (Lipinski definition) is 1. The zero-order valence-electron chi connectivity index (χ0n) is 11.7. The van der Waals surface area contributed by atoms with Crippen LogP contribution < -0.4 is 10.1 Å². The van der Waals surface area contributed by atoms with Crippen LogP contribution in [0.1, 0.15) is 18.4 Å². The third-order valence-corrected chi connectivity index (χ3v) is 2.59. The monoisotopic (exact) mass is 289 g/mol. The fourth-order valence-electron chi connectivity index (χ4n) is 1.74. The number of anilines is 1. The van der Waals surface area contributed by atoms with E-state index in [0.717, 1.165) is 5.69 Å². The SMILES string of the molecule is CCOc1nc(C)nc(NCc2ccccn2)c1[N+](=O)[O-]. The number of pyridine rings is 1. The first kappa shape index (κ1) is 14.6. The predicted octanol–water partition coefficient (Wildman–Crippen LogP) is 2.10. The lowest BCUT2D eigenvalue weighted by atomic mass is 10.3. The highest BCUT2D eigenvalue weighted by Crippen LogP contribution is 2.31. The molecule has 0 saturated heterocycles. The smallest absolute Gasteiger partial charge is 0.372 e. The first-order valence-electron chi connectivity index (χ1n) is 6.41. The molecule has 0 unspecified atom stereocenters. The molecule has 0 fully saturated rings. The molecule has 0 aliphatic rings. The van der Waals surface area contributed by atoms with Crippen LogP contribution in [0.4, 0.5) is 11.5 Å². The number of ether oxygens (including phenoxy) is 1. The van der Waals surface area contributed by atoms with Crippen molar-refractivity contribution in [2.24, 2.45) is 0 Å². The van der Waals surface area contributed by atoms with E-state index in [1.165, 1.54) is 0 Å². The number of nitro groups is 1. The summed E-state index contributed by atoms with van der Waals surface area (Å²) in [6, 6.07) is 5.46. The minimum Gasteiger partial charge on any atom is -0.473 e. The average molecular weight is 289 g/mol. The van der Waals surface area contributed by atoms with Crippen LogP contribution in [0.15, 0.2) is 24.4 Å². The van der Waals surface area contributed by atoms with Crippen molar-refractivity contribution in [1.82, 2.24) is 15.0 Å². The predicted molar refractivity (Wildman–Crippen MR) is 76.2 cm³/mol. The summed E-state index contributed by atoms with van der Waals surface area (Å²) in [7, 11) is 0. The largest absolute Gasteiger partial charge is 0.473 e. The van der Waals surface area contributed by atoms with E-state index in [1.807, 2.05) is 12.1 Å². The van der Waals surface area contributed by atoms with Crippen LogP contribution in [-0.4, -0.2) is 26.5 Å². The van der Waals surface area contributed by atoms with Gasteiger partial charge in [-0.1, -0.05) is 6.07 Å². The molecule has 21 heavy (non-hydrogen) atoms. The fourth-order valence-corrected chi connectivity index (χ4v) is 1.74. The number of rotatable bonds is 6. The van der Waals surface area contributed by atoms with E-state index in [9.17, 15) is 10.1 Å². The van der Waals surface area contributed by atoms with Crippen molar-refractivity contribution >= 4 is 11.5 Å². The number of hydrogen-bond acceptors (Lipinski definition) is 7. The van der Waals surface area contributed by atoms with E-state index in [-0.39, 0.29) is 24.0 Å². The first-order chi connectivity index (χ1) is 10.1. The van der Waals surface area contributed by atoms with Crippen LogP contribution in [0, 0.1) is 17.0 Å². The van der Waals surface area contributed by atoms with Crippen molar-refractivity contribution in [3.63, 3.8) is 0 Å². The zero-order valence-corrected chi connectivity index (χ0v) is 11.7. The topological polar surface area (TPSA) is 103 Å². The summed E-state index contributed by atoms with van der Waals surface area (Å²) < 4.78 is 5.22. The van der Waals surface area contributed by atoms with Gasteiger partial charge in [-0.25, -0.2) is 4.98 Å². The van der Waals surface area contributed by atoms with Gasteiger partial charge in [0.05, 0.1) is 23.8 Å². The Labute approximate surface area is 121 Å². The van der Waals surface area contributed by atoms with E-state index in [1.54, 1.807) is 26.1 Å². The maximum Gasteiger partial charge on any atom is 0.372 e. The lowest BCUT2D eigenvalue weighted by Crippen LogP contribution is -2.10. The summed E-state index contributed by atoms with van der Waals surface area (Å²) in [5, 5.41) is 14.1. The molecule has 110 valence electrons. The van der Waals surface area contributed by atoms with Crippen molar-refractivity contribution in [2.75, 3.05) is 11.9 Å².